The molecule has 2 heterocycles. The van der Waals surface area contributed by atoms with E-state index < -0.39 is 0 Å². The summed E-state index contributed by atoms with van der Waals surface area (Å²) in [6, 6.07) is 0. The molecule has 0 spiro atoms. The molecule has 0 aromatic carbocycles. The summed E-state index contributed by atoms with van der Waals surface area (Å²) >= 11 is 6.81. The SMILES string of the molecule is CCCOC1CCCN(C(=O)c2nnc(Cl)s2)C1. The summed E-state index contributed by atoms with van der Waals surface area (Å²) < 4.78 is 6.00. The number of carbonyl (C=O) groups is 1. The third-order valence-electron chi connectivity index (χ3n) is 2.81. The van der Waals surface area contributed by atoms with Gasteiger partial charge in [0.2, 0.25) is 9.47 Å². The number of carbonyl (C=O) groups excluding carboxylic acids is 1. The van der Waals surface area contributed by atoms with Gasteiger partial charge in [0.25, 0.3) is 5.91 Å². The van der Waals surface area contributed by atoms with Crippen molar-refractivity contribution in [3.63, 3.8) is 0 Å². The zero-order chi connectivity index (χ0) is 13.0. The quantitative estimate of drug-likeness (QED) is 0.853. The molecule has 1 aliphatic rings. The summed E-state index contributed by atoms with van der Waals surface area (Å²) in [4.78, 5) is 13.9. The van der Waals surface area contributed by atoms with Crippen molar-refractivity contribution in [3.8, 4) is 0 Å². The number of rotatable bonds is 4. The van der Waals surface area contributed by atoms with Crippen LogP contribution >= 0.6 is 22.9 Å². The summed E-state index contributed by atoms with van der Waals surface area (Å²) in [6.07, 6.45) is 3.12. The van der Waals surface area contributed by atoms with E-state index in [1.54, 1.807) is 4.90 Å². The fourth-order valence-corrected chi connectivity index (χ4v) is 2.77. The van der Waals surface area contributed by atoms with Crippen LogP contribution in [0.2, 0.25) is 4.47 Å². The van der Waals surface area contributed by atoms with Crippen LogP contribution < -0.4 is 0 Å². The molecule has 0 radical (unpaired) electrons. The number of hydrogen-bond donors (Lipinski definition) is 0. The predicted octanol–water partition coefficient (Wildman–Crippen LogP) is 2.22. The zero-order valence-electron chi connectivity index (χ0n) is 10.3. The van der Waals surface area contributed by atoms with Crippen molar-refractivity contribution in [2.75, 3.05) is 19.7 Å². The van der Waals surface area contributed by atoms with Crippen LogP contribution in [0.3, 0.4) is 0 Å². The molecule has 0 bridgehead atoms. The van der Waals surface area contributed by atoms with E-state index in [1.807, 2.05) is 0 Å². The Kier molecular flexibility index (Phi) is 4.91. The van der Waals surface area contributed by atoms with Crippen LogP contribution in [0.15, 0.2) is 0 Å². The van der Waals surface area contributed by atoms with E-state index in [2.05, 4.69) is 17.1 Å². The average Bonchev–Trinajstić information content (AvgIpc) is 2.82. The molecule has 1 unspecified atom stereocenters. The Balaban J connectivity index is 1.94. The second-order valence-corrected chi connectivity index (χ2v) is 5.81. The van der Waals surface area contributed by atoms with Gasteiger partial charge in [0.1, 0.15) is 0 Å². The lowest BCUT2D eigenvalue weighted by Gasteiger charge is -2.32. The van der Waals surface area contributed by atoms with Gasteiger partial charge in [-0.2, -0.15) is 0 Å². The lowest BCUT2D eigenvalue weighted by Crippen LogP contribution is -2.43. The molecule has 0 N–H and O–H groups in total. The highest BCUT2D eigenvalue weighted by Gasteiger charge is 2.26. The van der Waals surface area contributed by atoms with Crippen LogP contribution in [0, 0.1) is 0 Å². The van der Waals surface area contributed by atoms with Crippen LogP contribution in [0.4, 0.5) is 0 Å². The van der Waals surface area contributed by atoms with Gasteiger partial charge in [-0.25, -0.2) is 0 Å². The summed E-state index contributed by atoms with van der Waals surface area (Å²) in [5, 5.41) is 7.80. The van der Waals surface area contributed by atoms with Crippen molar-refractivity contribution in [1.82, 2.24) is 15.1 Å². The first kappa shape index (κ1) is 13.7. The number of nitrogens with zero attached hydrogens (tertiary/aromatic N) is 3. The maximum atomic E-state index is 12.2. The molecular formula is C11H16ClN3O2S. The molecule has 7 heteroatoms. The molecule has 1 saturated heterocycles. The number of halogens is 1. The monoisotopic (exact) mass is 289 g/mol. The topological polar surface area (TPSA) is 55.3 Å². The Hall–Kier alpha value is -0.720. The van der Waals surface area contributed by atoms with Crippen LogP contribution in [-0.2, 0) is 4.74 Å². The van der Waals surface area contributed by atoms with E-state index in [0.29, 0.717) is 16.0 Å². The zero-order valence-corrected chi connectivity index (χ0v) is 11.8. The summed E-state index contributed by atoms with van der Waals surface area (Å²) in [7, 11) is 0. The minimum Gasteiger partial charge on any atom is -0.376 e. The number of hydrogen-bond acceptors (Lipinski definition) is 5. The first-order valence-corrected chi connectivity index (χ1v) is 7.30. The third-order valence-corrected chi connectivity index (χ3v) is 3.81. The molecule has 0 aliphatic carbocycles. The predicted molar refractivity (Wildman–Crippen MR) is 70.1 cm³/mol. The van der Waals surface area contributed by atoms with Crippen LogP contribution in [0.5, 0.6) is 0 Å². The Bertz CT molecular complexity index is 413. The van der Waals surface area contributed by atoms with Crippen LogP contribution in [-0.4, -0.2) is 46.8 Å². The van der Waals surface area contributed by atoms with Crippen molar-refractivity contribution >= 4 is 28.8 Å². The van der Waals surface area contributed by atoms with Crippen molar-refractivity contribution in [1.29, 1.82) is 0 Å². The van der Waals surface area contributed by atoms with Gasteiger partial charge in [0.05, 0.1) is 6.10 Å². The second-order valence-electron chi connectivity index (χ2n) is 4.25. The minimum absolute atomic E-state index is 0.0933. The van der Waals surface area contributed by atoms with Crippen LogP contribution in [0.25, 0.3) is 0 Å². The number of piperidine rings is 1. The molecule has 1 aromatic rings. The summed E-state index contributed by atoms with van der Waals surface area (Å²) in [6.45, 7) is 4.21. The molecule has 2 rings (SSSR count). The second kappa shape index (κ2) is 6.45. The number of likely N-dealkylation sites (tertiary alicyclic amines) is 1. The number of amides is 1. The maximum absolute atomic E-state index is 12.2. The molecule has 1 fully saturated rings. The van der Waals surface area contributed by atoms with E-state index in [4.69, 9.17) is 16.3 Å². The van der Waals surface area contributed by atoms with Crippen molar-refractivity contribution in [2.45, 2.75) is 32.3 Å². The maximum Gasteiger partial charge on any atom is 0.284 e. The molecule has 0 saturated carbocycles. The van der Waals surface area contributed by atoms with Gasteiger partial charge < -0.3 is 9.64 Å². The fraction of sp³-hybridized carbons (Fsp3) is 0.727. The molecule has 1 aromatic heterocycles. The van der Waals surface area contributed by atoms with Gasteiger partial charge >= 0.3 is 0 Å². The van der Waals surface area contributed by atoms with Gasteiger partial charge in [-0.05, 0) is 30.9 Å². The number of aromatic nitrogens is 2. The Labute approximate surface area is 115 Å². The first-order chi connectivity index (χ1) is 8.70. The van der Waals surface area contributed by atoms with Crippen molar-refractivity contribution < 1.29 is 9.53 Å². The molecule has 1 aliphatic heterocycles. The smallest absolute Gasteiger partial charge is 0.284 e. The molecular weight excluding hydrogens is 274 g/mol. The Morgan fingerprint density at radius 2 is 2.44 bits per heavy atom. The van der Waals surface area contributed by atoms with E-state index >= 15 is 0 Å². The molecule has 18 heavy (non-hydrogen) atoms. The van der Waals surface area contributed by atoms with Gasteiger partial charge in [-0.3, -0.25) is 4.79 Å². The fourth-order valence-electron chi connectivity index (χ4n) is 1.97. The Morgan fingerprint density at radius 1 is 1.61 bits per heavy atom. The molecule has 1 amide bonds. The Morgan fingerprint density at radius 3 is 3.11 bits per heavy atom. The highest BCUT2D eigenvalue weighted by molar-refractivity contribution is 7.17. The van der Waals surface area contributed by atoms with Gasteiger partial charge in [0, 0.05) is 19.7 Å². The highest BCUT2D eigenvalue weighted by Crippen LogP contribution is 2.20. The van der Waals surface area contributed by atoms with E-state index in [-0.39, 0.29) is 12.0 Å². The number of ether oxygens (including phenoxy) is 1. The average molecular weight is 290 g/mol. The standard InChI is InChI=1S/C11H16ClN3O2S/c1-2-6-17-8-4-3-5-15(7-8)10(16)9-13-14-11(12)18-9/h8H,2-7H2,1H3. The third kappa shape index (κ3) is 3.40. The largest absolute Gasteiger partial charge is 0.376 e. The van der Waals surface area contributed by atoms with Crippen molar-refractivity contribution in [2.24, 2.45) is 0 Å². The van der Waals surface area contributed by atoms with Crippen molar-refractivity contribution in [3.05, 3.63) is 9.47 Å². The molecule has 5 nitrogen and oxygen atoms in total. The minimum atomic E-state index is -0.0933. The first-order valence-electron chi connectivity index (χ1n) is 6.10. The van der Waals surface area contributed by atoms with Gasteiger partial charge in [-0.15, -0.1) is 10.2 Å². The normalized spacial score (nSPS) is 20.1. The highest BCUT2D eigenvalue weighted by atomic mass is 35.5. The van der Waals surface area contributed by atoms with Gasteiger partial charge in [-0.1, -0.05) is 18.3 Å². The van der Waals surface area contributed by atoms with E-state index in [0.717, 1.165) is 43.8 Å². The van der Waals surface area contributed by atoms with E-state index in [9.17, 15) is 4.79 Å². The van der Waals surface area contributed by atoms with Gasteiger partial charge in [0.15, 0.2) is 0 Å². The lowest BCUT2D eigenvalue weighted by atomic mass is 10.1. The summed E-state index contributed by atoms with van der Waals surface area (Å²) in [5.74, 6) is -0.0933. The summed E-state index contributed by atoms with van der Waals surface area (Å²) in [5.41, 5.74) is 0. The lowest BCUT2D eigenvalue weighted by molar-refractivity contribution is 0.00208. The molecule has 1 atom stereocenters. The molecule has 100 valence electrons. The van der Waals surface area contributed by atoms with Crippen LogP contribution in [0.1, 0.15) is 36.0 Å². The van der Waals surface area contributed by atoms with E-state index in [1.165, 1.54) is 0 Å².